The first kappa shape index (κ1) is 41.2. The van der Waals surface area contributed by atoms with E-state index in [9.17, 15) is 29.4 Å². The summed E-state index contributed by atoms with van der Waals surface area (Å²) < 4.78 is 6.39. The number of hydrogen-bond donors (Lipinski definition) is 5. The zero-order chi connectivity index (χ0) is 37.9. The fraction of sp³-hybridized carbons (Fsp3) is 0.667. The van der Waals surface area contributed by atoms with Gasteiger partial charge in [0, 0.05) is 37.0 Å². The molecule has 7 atom stereocenters. The first-order valence-electron chi connectivity index (χ1n) is 19.1. The Kier molecular flexibility index (Phi) is 15.5. The highest BCUT2D eigenvalue weighted by molar-refractivity contribution is 7.09. The number of aromatic hydroxyl groups is 1. The van der Waals surface area contributed by atoms with E-state index in [1.54, 1.807) is 11.4 Å². The first-order valence-corrected chi connectivity index (χ1v) is 20.0. The monoisotopic (exact) mass is 741 g/mol. The molecule has 3 amide bonds. The Hall–Kier alpha value is -3.55. The van der Waals surface area contributed by atoms with Gasteiger partial charge in [-0.2, -0.15) is 0 Å². The first-order chi connectivity index (χ1) is 24.9. The zero-order valence-corrected chi connectivity index (χ0v) is 32.5. The van der Waals surface area contributed by atoms with Crippen molar-refractivity contribution in [3.63, 3.8) is 0 Å². The zero-order valence-electron chi connectivity index (χ0n) is 31.7. The Morgan fingerprint density at radius 3 is 2.52 bits per heavy atom. The number of carboxylic acids is 1. The van der Waals surface area contributed by atoms with Gasteiger partial charge in [0.15, 0.2) is 0 Å². The van der Waals surface area contributed by atoms with Crippen molar-refractivity contribution in [3.05, 3.63) is 45.4 Å². The molecule has 1 aliphatic carbocycles. The van der Waals surface area contributed by atoms with Crippen LogP contribution in [0.5, 0.6) is 5.75 Å². The van der Waals surface area contributed by atoms with Crippen molar-refractivity contribution >= 4 is 35.0 Å². The summed E-state index contributed by atoms with van der Waals surface area (Å²) in [6.45, 7) is 14.1. The second kappa shape index (κ2) is 19.5. The smallest absolute Gasteiger partial charge is 0.311 e. The molecule has 0 saturated carbocycles. The van der Waals surface area contributed by atoms with Crippen LogP contribution in [0.1, 0.15) is 132 Å². The summed E-state index contributed by atoms with van der Waals surface area (Å²) >= 11 is 1.33. The number of nitrogens with zero attached hydrogens (tertiary/aromatic N) is 2. The molecule has 52 heavy (non-hydrogen) atoms. The number of benzene rings is 1. The van der Waals surface area contributed by atoms with Crippen molar-refractivity contribution in [2.45, 2.75) is 136 Å². The molecule has 1 fully saturated rings. The maximum absolute atomic E-state index is 14.5. The molecule has 12 nitrogen and oxygen atoms in total. The predicted molar refractivity (Wildman–Crippen MR) is 201 cm³/mol. The van der Waals surface area contributed by atoms with Gasteiger partial charge in [-0.1, -0.05) is 60.5 Å². The average Bonchev–Trinajstić information content (AvgIpc) is 3.63. The van der Waals surface area contributed by atoms with Crippen molar-refractivity contribution in [1.29, 1.82) is 0 Å². The van der Waals surface area contributed by atoms with Crippen molar-refractivity contribution in [2.24, 2.45) is 11.8 Å². The molecule has 0 unspecified atom stereocenters. The van der Waals surface area contributed by atoms with E-state index in [2.05, 4.69) is 29.8 Å². The van der Waals surface area contributed by atoms with Crippen molar-refractivity contribution in [1.82, 2.24) is 25.8 Å². The maximum atomic E-state index is 14.5. The molecule has 4 rings (SSSR count). The van der Waals surface area contributed by atoms with Crippen LogP contribution in [-0.4, -0.2) is 87.7 Å². The number of carbonyl (C=O) groups is 4. The number of nitrogens with one attached hydrogen (secondary N) is 3. The molecule has 1 aromatic heterocycles. The number of carbonyl (C=O) groups excluding carboxylic acids is 3. The fourth-order valence-electron chi connectivity index (χ4n) is 7.35. The lowest BCUT2D eigenvalue weighted by Crippen LogP contribution is -2.58. The minimum atomic E-state index is -1.01. The Labute approximate surface area is 312 Å². The van der Waals surface area contributed by atoms with Crippen LogP contribution >= 0.6 is 11.3 Å². The van der Waals surface area contributed by atoms with E-state index >= 15 is 0 Å². The summed E-state index contributed by atoms with van der Waals surface area (Å²) in [7, 11) is 0. The SMILES string of the molecule is CCCO[C@H](C[C@H](C(C)C)N(CCC)C(=O)[C@@H](NC(=O)[C@H]1CCCCN1)[C@@H](C)CC)c1nc(C(=O)N[C@H]2Cc3ccc(O)cc3[C@H](C(=O)O)C2)cs1. The van der Waals surface area contributed by atoms with E-state index in [0.29, 0.717) is 36.6 Å². The number of thiazole rings is 1. The number of ether oxygens (including phenoxy) is 1. The van der Waals surface area contributed by atoms with Crippen LogP contribution in [0.3, 0.4) is 0 Å². The van der Waals surface area contributed by atoms with E-state index in [1.807, 2.05) is 32.6 Å². The quantitative estimate of drug-likeness (QED) is 0.131. The van der Waals surface area contributed by atoms with Gasteiger partial charge in [-0.15, -0.1) is 11.3 Å². The standard InChI is InChI=1S/C39H59N5O7S/c1-7-16-44(38(48)34(24(6)9-3)43-35(46)30-12-10-11-15-40-30)32(23(4)5)21-33(51-17-8-2)37-42-31(22-52-37)36(47)41-26-18-25-13-14-27(45)20-28(25)29(19-26)39(49)50/h13-14,20,22-24,26,29-30,32-34,40,45H,7-12,15-19,21H2,1-6H3,(H,41,47)(H,43,46)(H,49,50)/t24-,26-,29+,30+,32+,33+,34-/m0/s1. The fourth-order valence-corrected chi connectivity index (χ4v) is 8.21. The Bertz CT molecular complexity index is 1510. The number of phenols is 1. The van der Waals surface area contributed by atoms with E-state index in [1.165, 1.54) is 23.5 Å². The summed E-state index contributed by atoms with van der Waals surface area (Å²) in [6, 6.07) is 3.14. The van der Waals surface area contributed by atoms with E-state index < -0.39 is 36.0 Å². The van der Waals surface area contributed by atoms with E-state index in [0.717, 1.165) is 50.6 Å². The van der Waals surface area contributed by atoms with Crippen molar-refractivity contribution in [3.8, 4) is 5.75 Å². The average molecular weight is 742 g/mol. The van der Waals surface area contributed by atoms with Gasteiger partial charge in [-0.05, 0) is 80.2 Å². The maximum Gasteiger partial charge on any atom is 0.311 e. The van der Waals surface area contributed by atoms with Crippen LogP contribution in [0.15, 0.2) is 23.6 Å². The van der Waals surface area contributed by atoms with E-state index in [4.69, 9.17) is 9.72 Å². The molecular formula is C39H59N5O7S. The van der Waals surface area contributed by atoms with Crippen LogP contribution in [0.2, 0.25) is 0 Å². The van der Waals surface area contributed by atoms with Crippen LogP contribution in [0.4, 0.5) is 0 Å². The molecule has 1 saturated heterocycles. The molecule has 0 radical (unpaired) electrons. The molecular weight excluding hydrogens is 683 g/mol. The Morgan fingerprint density at radius 1 is 1.12 bits per heavy atom. The summed E-state index contributed by atoms with van der Waals surface area (Å²) in [5.74, 6) is -2.44. The molecule has 2 aromatic rings. The van der Waals surface area contributed by atoms with Gasteiger partial charge < -0.3 is 35.8 Å². The molecule has 2 aliphatic rings. The number of aliphatic carboxylic acids is 1. The molecule has 1 aliphatic heterocycles. The van der Waals surface area contributed by atoms with E-state index in [-0.39, 0.29) is 53.6 Å². The number of piperidine rings is 1. The number of hydrogen-bond acceptors (Lipinski definition) is 9. The van der Waals surface area contributed by atoms with Crippen LogP contribution in [-0.2, 0) is 25.5 Å². The Balaban J connectivity index is 1.53. The highest BCUT2D eigenvalue weighted by Crippen LogP contribution is 2.35. The molecule has 13 heteroatoms. The topological polar surface area (TPSA) is 170 Å². The van der Waals surface area contributed by atoms with Gasteiger partial charge in [0.2, 0.25) is 11.8 Å². The summed E-state index contributed by atoms with van der Waals surface area (Å²) in [6.07, 6.45) is 5.68. The third kappa shape index (κ3) is 10.5. The number of carboxylic acid groups (broad SMARTS) is 1. The van der Waals surface area contributed by atoms with Gasteiger partial charge >= 0.3 is 5.97 Å². The van der Waals surface area contributed by atoms with Crippen molar-refractivity contribution < 1.29 is 34.1 Å². The number of fused-ring (bicyclic) bond motifs is 1. The Morgan fingerprint density at radius 2 is 1.88 bits per heavy atom. The normalized spacial score (nSPS) is 21.0. The number of rotatable bonds is 18. The highest BCUT2D eigenvalue weighted by Gasteiger charge is 2.38. The summed E-state index contributed by atoms with van der Waals surface area (Å²) in [5.41, 5.74) is 1.58. The second-order valence-corrected chi connectivity index (χ2v) is 15.7. The minimum Gasteiger partial charge on any atom is -0.508 e. The van der Waals surface area contributed by atoms with Crippen LogP contribution in [0, 0.1) is 11.8 Å². The van der Waals surface area contributed by atoms with Gasteiger partial charge in [-0.25, -0.2) is 4.98 Å². The van der Waals surface area contributed by atoms with Gasteiger partial charge in [0.05, 0.1) is 12.0 Å². The van der Waals surface area contributed by atoms with Crippen LogP contribution < -0.4 is 16.0 Å². The largest absolute Gasteiger partial charge is 0.508 e. The number of phenolic OH excluding ortho intramolecular Hbond substituents is 1. The number of amides is 3. The van der Waals surface area contributed by atoms with Gasteiger partial charge in [0.25, 0.3) is 5.91 Å². The minimum absolute atomic E-state index is 0.0125. The lowest BCUT2D eigenvalue weighted by Gasteiger charge is -2.39. The van der Waals surface area contributed by atoms with Crippen molar-refractivity contribution in [2.75, 3.05) is 19.7 Å². The highest BCUT2D eigenvalue weighted by atomic mass is 32.1. The summed E-state index contributed by atoms with van der Waals surface area (Å²) in [5, 5.41) is 31.6. The lowest BCUT2D eigenvalue weighted by molar-refractivity contribution is -0.142. The third-order valence-corrected chi connectivity index (χ3v) is 11.4. The molecule has 1 aromatic carbocycles. The van der Waals surface area contributed by atoms with Crippen LogP contribution in [0.25, 0.3) is 0 Å². The molecule has 5 N–H and O–H groups in total. The molecule has 0 bridgehead atoms. The third-order valence-electron chi connectivity index (χ3n) is 10.5. The summed E-state index contributed by atoms with van der Waals surface area (Å²) in [4.78, 5) is 60.1. The molecule has 2 heterocycles. The molecule has 288 valence electrons. The number of aromatic nitrogens is 1. The molecule has 0 spiro atoms. The second-order valence-electron chi connectivity index (χ2n) is 14.8. The van der Waals surface area contributed by atoms with Gasteiger partial charge in [0.1, 0.15) is 28.6 Å². The lowest BCUT2D eigenvalue weighted by atomic mass is 9.80. The van der Waals surface area contributed by atoms with Gasteiger partial charge in [-0.3, -0.25) is 19.2 Å². The predicted octanol–water partition coefficient (Wildman–Crippen LogP) is 5.56.